The molecule has 2 unspecified atom stereocenters. The maximum absolute atomic E-state index is 12.9. The molecule has 1 saturated carbocycles. The van der Waals surface area contributed by atoms with Crippen molar-refractivity contribution in [3.05, 3.63) is 102 Å². The molecule has 2 atom stereocenters. The van der Waals surface area contributed by atoms with Gasteiger partial charge in [-0.2, -0.15) is 6.04 Å². The van der Waals surface area contributed by atoms with E-state index in [1.807, 2.05) is 90.1 Å². The minimum absolute atomic E-state index is 0. The fourth-order valence-electron chi connectivity index (χ4n) is 4.06. The summed E-state index contributed by atoms with van der Waals surface area (Å²) in [6.07, 6.45) is 3.35. The minimum Gasteiger partial charge on any atom is -0.676 e. The second-order valence-electron chi connectivity index (χ2n) is 7.94. The quantitative estimate of drug-likeness (QED) is 0.225. The van der Waals surface area contributed by atoms with Gasteiger partial charge in [0.15, 0.2) is 0 Å². The van der Waals surface area contributed by atoms with Gasteiger partial charge in [0.05, 0.1) is 15.8 Å². The number of rotatable bonds is 6. The Morgan fingerprint density at radius 2 is 1.30 bits per heavy atom. The Kier molecular flexibility index (Phi) is 11.2. The standard InChI is InChI=1S/C25H26N2O2S.CH3.ClH.Ru/c26-24-13-7-8-14-25(24)27-30(28,29)18-19-15-22(20-9-3-1-4-10-20)17-23(16-19)21-11-5-2-6-12-21;;;/h1-6,9-12,15-17,24-26H,7-8,13-14,18H2;1H3;1H;/q-2;-1;;+4/p-1. The van der Waals surface area contributed by atoms with Crippen LogP contribution in [0.1, 0.15) is 31.2 Å². The molecule has 0 spiro atoms. The molecule has 1 fully saturated rings. The smallest absolute Gasteiger partial charge is 0.0765 e. The minimum atomic E-state index is -3.66. The predicted octanol–water partition coefficient (Wildman–Crippen LogP) is 7.72. The van der Waals surface area contributed by atoms with Gasteiger partial charge < -0.3 is 17.9 Å². The normalized spacial score (nSPS) is 17.9. The largest absolute Gasteiger partial charge is 0.676 e. The summed E-state index contributed by atoms with van der Waals surface area (Å²) in [4.78, 5) is 0. The van der Waals surface area contributed by atoms with E-state index in [0.717, 1.165) is 47.1 Å². The Bertz CT molecular complexity index is 1040. The molecular formula is C26H29ClN2O2RuS. The van der Waals surface area contributed by atoms with Crippen molar-refractivity contribution < 1.29 is 25.7 Å². The molecule has 1 aliphatic rings. The Morgan fingerprint density at radius 1 is 0.818 bits per heavy atom. The van der Waals surface area contributed by atoms with Crippen LogP contribution in [0, 0.1) is 7.43 Å². The van der Waals surface area contributed by atoms with Crippen molar-refractivity contribution in [3.8, 4) is 22.3 Å². The Morgan fingerprint density at radius 3 is 1.79 bits per heavy atom. The van der Waals surface area contributed by atoms with Crippen LogP contribution in [0.15, 0.2) is 78.9 Å². The molecule has 1 aliphatic carbocycles. The molecule has 3 aromatic rings. The number of nitrogens with zero attached hydrogens (tertiary/aromatic N) is 1. The summed E-state index contributed by atoms with van der Waals surface area (Å²) < 4.78 is 29.9. The Labute approximate surface area is 212 Å². The summed E-state index contributed by atoms with van der Waals surface area (Å²) in [6, 6.07) is 25.1. The van der Waals surface area contributed by atoms with Gasteiger partial charge in [-0.3, -0.25) is 0 Å². The van der Waals surface area contributed by atoms with E-state index in [1.54, 1.807) is 0 Å². The first-order valence-electron chi connectivity index (χ1n) is 10.5. The Hall–Kier alpha value is -1.56. The molecule has 0 amide bonds. The molecule has 33 heavy (non-hydrogen) atoms. The Balaban J connectivity index is 0.00000125. The molecule has 0 heterocycles. The topological polar surface area (TPSA) is 72.0 Å². The van der Waals surface area contributed by atoms with Gasteiger partial charge in [-0.25, -0.2) is 8.42 Å². The van der Waals surface area contributed by atoms with Gasteiger partial charge in [-0.15, -0.1) is 6.04 Å². The first kappa shape index (κ1) is 27.7. The number of hydrogen-bond donors (Lipinski definition) is 0. The zero-order valence-corrected chi connectivity index (χ0v) is 21.9. The molecule has 0 bridgehead atoms. The number of hydrogen-bond acceptors (Lipinski definition) is 2. The van der Waals surface area contributed by atoms with E-state index < -0.39 is 22.1 Å². The van der Waals surface area contributed by atoms with E-state index >= 15 is 0 Å². The van der Waals surface area contributed by atoms with E-state index in [2.05, 4.69) is 20.5 Å². The second-order valence-corrected chi connectivity index (χ2v) is 9.60. The SMILES string of the molecule is [CH3-].[Cl][Ru+3].[NH-]C1CCCCC1[N-]S(=O)(=O)Cc1cc(-c2ccccc2)cc(-c2ccccc2)c1. The van der Waals surface area contributed by atoms with Crippen LogP contribution >= 0.6 is 9.69 Å². The maximum Gasteiger partial charge on any atom is 0.0765 e. The molecular weight excluding hydrogens is 541 g/mol. The van der Waals surface area contributed by atoms with E-state index in [9.17, 15) is 8.42 Å². The molecule has 3 aromatic carbocycles. The third-order valence-electron chi connectivity index (χ3n) is 5.58. The van der Waals surface area contributed by atoms with Crippen molar-refractivity contribution in [1.29, 1.82) is 0 Å². The first-order valence-corrected chi connectivity index (χ1v) is 14.4. The summed E-state index contributed by atoms with van der Waals surface area (Å²) in [7, 11) is 0.909. The van der Waals surface area contributed by atoms with E-state index in [4.69, 9.17) is 5.73 Å². The summed E-state index contributed by atoms with van der Waals surface area (Å²) in [5, 5.41) is 0. The maximum atomic E-state index is 12.9. The molecule has 176 valence electrons. The van der Waals surface area contributed by atoms with Crippen LogP contribution < -0.4 is 0 Å². The van der Waals surface area contributed by atoms with Crippen molar-refractivity contribution in [3.63, 3.8) is 0 Å². The van der Waals surface area contributed by atoms with E-state index in [-0.39, 0.29) is 13.2 Å². The van der Waals surface area contributed by atoms with Crippen LogP contribution in [0.3, 0.4) is 0 Å². The van der Waals surface area contributed by atoms with E-state index in [0.29, 0.717) is 6.42 Å². The molecule has 0 saturated heterocycles. The molecule has 0 aromatic heterocycles. The number of nitrogens with one attached hydrogen (secondary N) is 1. The van der Waals surface area contributed by atoms with Gasteiger partial charge in [0.2, 0.25) is 0 Å². The predicted molar refractivity (Wildman–Crippen MR) is 136 cm³/mol. The van der Waals surface area contributed by atoms with Gasteiger partial charge in [0.25, 0.3) is 0 Å². The molecule has 7 heteroatoms. The van der Waals surface area contributed by atoms with Gasteiger partial charge in [0.1, 0.15) is 0 Å². The molecule has 0 radical (unpaired) electrons. The number of benzene rings is 3. The van der Waals surface area contributed by atoms with Crippen LogP contribution in [0.2, 0.25) is 0 Å². The van der Waals surface area contributed by atoms with Gasteiger partial charge in [-0.05, 0) is 33.9 Å². The summed E-state index contributed by atoms with van der Waals surface area (Å²) >= 11 is 1.82. The molecule has 4 nitrogen and oxygen atoms in total. The number of sulfonamides is 1. The first-order chi connectivity index (χ1) is 15.5. The average molecular weight is 570 g/mol. The third-order valence-corrected chi connectivity index (χ3v) is 6.87. The summed E-state index contributed by atoms with van der Waals surface area (Å²) in [5.41, 5.74) is 12.9. The van der Waals surface area contributed by atoms with Gasteiger partial charge in [-0.1, -0.05) is 98.5 Å². The fraction of sp³-hybridized carbons (Fsp3) is 0.269. The van der Waals surface area contributed by atoms with Crippen molar-refractivity contribution in [2.24, 2.45) is 0 Å². The molecule has 0 aliphatic heterocycles. The zero-order valence-electron chi connectivity index (χ0n) is 18.6. The average Bonchev–Trinajstić information content (AvgIpc) is 2.82. The number of halogens is 1. The van der Waals surface area contributed by atoms with Gasteiger partial charge in [0, 0.05) is 0 Å². The van der Waals surface area contributed by atoms with Crippen LogP contribution in [-0.2, 0) is 33.1 Å². The van der Waals surface area contributed by atoms with Gasteiger partial charge >= 0.3 is 27.0 Å². The van der Waals surface area contributed by atoms with E-state index in [1.165, 1.54) is 0 Å². The monoisotopic (exact) mass is 570 g/mol. The van der Waals surface area contributed by atoms with Crippen molar-refractivity contribution in [2.75, 3.05) is 0 Å². The van der Waals surface area contributed by atoms with Crippen molar-refractivity contribution >= 4 is 19.7 Å². The molecule has 1 N–H and O–H groups in total. The van der Waals surface area contributed by atoms with Crippen LogP contribution in [0.4, 0.5) is 0 Å². The summed E-state index contributed by atoms with van der Waals surface area (Å²) in [5.74, 6) is -0.142. The molecule has 4 rings (SSSR count). The van der Waals surface area contributed by atoms with Crippen molar-refractivity contribution in [2.45, 2.75) is 43.5 Å². The van der Waals surface area contributed by atoms with Crippen LogP contribution in [0.25, 0.3) is 32.7 Å². The zero-order chi connectivity index (χ0) is 23.0. The fourth-order valence-corrected chi connectivity index (χ4v) is 5.39. The third kappa shape index (κ3) is 8.01. The van der Waals surface area contributed by atoms with Crippen LogP contribution in [0.5, 0.6) is 0 Å². The van der Waals surface area contributed by atoms with Crippen LogP contribution in [-0.4, -0.2) is 20.5 Å². The van der Waals surface area contributed by atoms with Crippen molar-refractivity contribution in [1.82, 2.24) is 0 Å². The second kappa shape index (κ2) is 13.4. The summed E-state index contributed by atoms with van der Waals surface area (Å²) in [6.45, 7) is 0.